The number of amides is 1. The summed E-state index contributed by atoms with van der Waals surface area (Å²) in [5.41, 5.74) is 0.576. The molecule has 0 bridgehead atoms. The number of benzene rings is 1. The molecule has 0 radical (unpaired) electrons. The molecule has 1 rings (SSSR count). The lowest BCUT2D eigenvalue weighted by Gasteiger charge is -1.97. The smallest absolute Gasteiger partial charge is 0.316 e. The van der Waals surface area contributed by atoms with Crippen LogP contribution >= 0.6 is 11.6 Å². The van der Waals surface area contributed by atoms with Crippen molar-refractivity contribution in [3.8, 4) is 0 Å². The minimum absolute atomic E-state index is 0.104. The molecule has 0 aliphatic carbocycles. The molecule has 0 aromatic heterocycles. The normalized spacial score (nSPS) is 9.64. The Labute approximate surface area is 70.2 Å². The summed E-state index contributed by atoms with van der Waals surface area (Å²) < 4.78 is 0. The van der Waals surface area contributed by atoms with E-state index < -0.39 is 0 Å². The molecule has 1 aromatic carbocycles. The van der Waals surface area contributed by atoms with E-state index in [1.807, 2.05) is 0 Å². The summed E-state index contributed by atoms with van der Waals surface area (Å²) in [5.74, 6) is -0.104. The minimum Gasteiger partial charge on any atom is -0.411 e. The van der Waals surface area contributed by atoms with Gasteiger partial charge in [0.05, 0.1) is 5.56 Å². The van der Waals surface area contributed by atoms with E-state index in [2.05, 4.69) is 7.05 Å². The summed E-state index contributed by atoms with van der Waals surface area (Å²) in [5, 5.41) is 1.84. The summed E-state index contributed by atoms with van der Waals surface area (Å²) in [6, 6.07) is 6.78. The molecule has 0 spiro atoms. The van der Waals surface area contributed by atoms with Gasteiger partial charge in [-0.25, -0.2) is 4.79 Å². The third-order valence-electron chi connectivity index (χ3n) is 1.29. The standard InChI is InChI=1S/C8H8ClNO/c1-10-8(11)6-3-2-4-7(9)5-6/h2-5H,1,10H2. The van der Waals surface area contributed by atoms with Crippen molar-refractivity contribution in [2.75, 3.05) is 0 Å². The van der Waals surface area contributed by atoms with E-state index in [0.29, 0.717) is 10.6 Å². The van der Waals surface area contributed by atoms with Gasteiger partial charge in [0.15, 0.2) is 0 Å². The van der Waals surface area contributed by atoms with Crippen molar-refractivity contribution in [2.24, 2.45) is 0 Å². The molecule has 0 fully saturated rings. The van der Waals surface area contributed by atoms with E-state index in [-0.39, 0.29) is 5.91 Å². The maximum atomic E-state index is 11.0. The first-order valence-electron chi connectivity index (χ1n) is 3.16. The maximum Gasteiger partial charge on any atom is 0.316 e. The first-order valence-corrected chi connectivity index (χ1v) is 3.54. The Morgan fingerprint density at radius 3 is 2.82 bits per heavy atom. The molecular formula is C8H8ClNO. The van der Waals surface area contributed by atoms with Crippen LogP contribution in [0.5, 0.6) is 0 Å². The highest BCUT2D eigenvalue weighted by Gasteiger charge is 2.03. The number of halogens is 1. The summed E-state index contributed by atoms with van der Waals surface area (Å²) in [4.78, 5) is 11.0. The molecule has 3 heteroatoms. The third-order valence-corrected chi connectivity index (χ3v) is 1.53. The zero-order valence-corrected chi connectivity index (χ0v) is 6.64. The molecular weight excluding hydrogens is 162 g/mol. The lowest BCUT2D eigenvalue weighted by Crippen LogP contribution is -2.81. The molecule has 0 saturated heterocycles. The van der Waals surface area contributed by atoms with Crippen molar-refractivity contribution < 1.29 is 10.1 Å². The zero-order chi connectivity index (χ0) is 8.27. The van der Waals surface area contributed by atoms with Gasteiger partial charge in [-0.05, 0) is 18.2 Å². The van der Waals surface area contributed by atoms with E-state index in [1.54, 1.807) is 24.3 Å². The predicted octanol–water partition coefficient (Wildman–Crippen LogP) is 0.835. The van der Waals surface area contributed by atoms with Crippen LogP contribution in [-0.4, -0.2) is 5.91 Å². The molecule has 0 atom stereocenters. The highest BCUT2D eigenvalue weighted by atomic mass is 35.5. The monoisotopic (exact) mass is 169 g/mol. The highest BCUT2D eigenvalue weighted by molar-refractivity contribution is 6.30. The molecule has 1 aromatic rings. The average Bonchev–Trinajstić information content (AvgIpc) is 2.03. The molecule has 0 unspecified atom stereocenters. The molecule has 0 aliphatic rings. The van der Waals surface area contributed by atoms with Gasteiger partial charge in [-0.3, -0.25) is 0 Å². The van der Waals surface area contributed by atoms with Crippen LogP contribution in [0.15, 0.2) is 24.3 Å². The summed E-state index contributed by atoms with van der Waals surface area (Å²) >= 11 is 5.66. The Hall–Kier alpha value is -0.860. The number of carbonyl (C=O) groups excluding carboxylic acids is 1. The van der Waals surface area contributed by atoms with Crippen LogP contribution in [0, 0.1) is 7.05 Å². The molecule has 0 aliphatic heterocycles. The molecule has 11 heavy (non-hydrogen) atoms. The van der Waals surface area contributed by atoms with Crippen LogP contribution in [0.2, 0.25) is 5.02 Å². The quantitative estimate of drug-likeness (QED) is 0.621. The van der Waals surface area contributed by atoms with Crippen LogP contribution in [0.1, 0.15) is 10.4 Å². The van der Waals surface area contributed by atoms with E-state index in [1.165, 1.54) is 5.32 Å². The molecule has 0 saturated carbocycles. The van der Waals surface area contributed by atoms with Gasteiger partial charge in [-0.15, -0.1) is 7.05 Å². The Bertz CT molecular complexity index is 273. The van der Waals surface area contributed by atoms with Crippen molar-refractivity contribution >= 4 is 17.5 Å². The molecule has 0 heterocycles. The number of primary amides is 1. The Morgan fingerprint density at radius 2 is 2.27 bits per heavy atom. The Kier molecular flexibility index (Phi) is 2.63. The Morgan fingerprint density at radius 1 is 1.55 bits per heavy atom. The summed E-state index contributed by atoms with van der Waals surface area (Å²) in [6.45, 7) is 0. The average molecular weight is 170 g/mol. The van der Waals surface area contributed by atoms with Gasteiger partial charge >= 0.3 is 5.91 Å². The van der Waals surface area contributed by atoms with Crippen LogP contribution < -0.4 is 5.32 Å². The molecule has 2 N–H and O–H groups in total. The topological polar surface area (TPSA) is 33.7 Å². The second kappa shape index (κ2) is 3.51. The SMILES string of the molecule is [CH2-][NH2+]C(=O)c1cccc(Cl)c1. The first-order chi connectivity index (χ1) is 5.24. The number of quaternary nitrogens is 1. The molecule has 2 nitrogen and oxygen atoms in total. The third kappa shape index (κ3) is 2.03. The highest BCUT2D eigenvalue weighted by Crippen LogP contribution is 2.09. The van der Waals surface area contributed by atoms with Gasteiger partial charge in [0.25, 0.3) is 0 Å². The number of hydrogen-bond acceptors (Lipinski definition) is 1. The van der Waals surface area contributed by atoms with Crippen molar-refractivity contribution in [1.82, 2.24) is 0 Å². The van der Waals surface area contributed by atoms with Crippen molar-refractivity contribution in [2.45, 2.75) is 0 Å². The van der Waals surface area contributed by atoms with Crippen molar-refractivity contribution in [3.05, 3.63) is 41.9 Å². The van der Waals surface area contributed by atoms with Gasteiger partial charge in [0, 0.05) is 5.02 Å². The number of hydrogen-bond donors (Lipinski definition) is 1. The second-order valence-electron chi connectivity index (χ2n) is 2.08. The number of carbonyl (C=O) groups is 1. The zero-order valence-electron chi connectivity index (χ0n) is 5.88. The fourth-order valence-electron chi connectivity index (χ4n) is 0.760. The van der Waals surface area contributed by atoms with Crippen molar-refractivity contribution in [1.29, 1.82) is 0 Å². The van der Waals surface area contributed by atoms with Crippen LogP contribution in [0.3, 0.4) is 0 Å². The fourth-order valence-corrected chi connectivity index (χ4v) is 0.950. The molecule has 58 valence electrons. The lowest BCUT2D eigenvalue weighted by molar-refractivity contribution is -0.489. The summed E-state index contributed by atoms with van der Waals surface area (Å²) in [6.07, 6.45) is 0. The van der Waals surface area contributed by atoms with Gasteiger partial charge in [-0.1, -0.05) is 17.7 Å². The van der Waals surface area contributed by atoms with Gasteiger partial charge < -0.3 is 5.32 Å². The van der Waals surface area contributed by atoms with Gasteiger partial charge in [-0.2, -0.15) is 0 Å². The van der Waals surface area contributed by atoms with E-state index in [0.717, 1.165) is 0 Å². The number of nitrogens with two attached hydrogens (primary N) is 1. The van der Waals surface area contributed by atoms with Crippen molar-refractivity contribution in [3.63, 3.8) is 0 Å². The lowest BCUT2D eigenvalue weighted by atomic mass is 10.2. The van der Waals surface area contributed by atoms with Gasteiger partial charge in [0.1, 0.15) is 0 Å². The van der Waals surface area contributed by atoms with Crippen LogP contribution in [0.4, 0.5) is 0 Å². The predicted molar refractivity (Wildman–Crippen MR) is 43.1 cm³/mol. The van der Waals surface area contributed by atoms with Crippen LogP contribution in [0.25, 0.3) is 0 Å². The van der Waals surface area contributed by atoms with Crippen LogP contribution in [-0.2, 0) is 0 Å². The van der Waals surface area contributed by atoms with E-state index >= 15 is 0 Å². The summed E-state index contributed by atoms with van der Waals surface area (Å²) in [7, 11) is 3.37. The largest absolute Gasteiger partial charge is 0.411 e. The first kappa shape index (κ1) is 8.24. The Balaban J connectivity index is 2.96. The minimum atomic E-state index is -0.104. The molecule has 1 amide bonds. The second-order valence-corrected chi connectivity index (χ2v) is 2.52. The van der Waals surface area contributed by atoms with E-state index in [4.69, 9.17) is 11.6 Å². The van der Waals surface area contributed by atoms with E-state index in [9.17, 15) is 4.79 Å². The fraction of sp³-hybridized carbons (Fsp3) is 0. The maximum absolute atomic E-state index is 11.0. The number of rotatable bonds is 1. The van der Waals surface area contributed by atoms with Gasteiger partial charge in [0.2, 0.25) is 0 Å².